The van der Waals surface area contributed by atoms with Crippen LogP contribution >= 0.6 is 0 Å². The fourth-order valence-corrected chi connectivity index (χ4v) is 1.59. The highest BCUT2D eigenvalue weighted by molar-refractivity contribution is 6.62. The Kier molecular flexibility index (Phi) is 2.23. The predicted molar refractivity (Wildman–Crippen MR) is 64.6 cm³/mol. The molecule has 1 aliphatic heterocycles. The van der Waals surface area contributed by atoms with Gasteiger partial charge in [0.1, 0.15) is 5.82 Å². The quantitative estimate of drug-likeness (QED) is 0.700. The molecule has 0 radical (unpaired) electrons. The Balaban J connectivity index is 2.51. The zero-order valence-corrected chi connectivity index (χ0v) is 10.7. The molecule has 2 heterocycles. The van der Waals surface area contributed by atoms with Crippen molar-refractivity contribution in [3.8, 4) is 0 Å². The highest BCUT2D eigenvalue weighted by Gasteiger charge is 2.52. The van der Waals surface area contributed by atoms with E-state index in [-0.39, 0.29) is 17.2 Å². The van der Waals surface area contributed by atoms with Crippen molar-refractivity contribution in [3.05, 3.63) is 23.7 Å². The second-order valence-electron chi connectivity index (χ2n) is 5.25. The first kappa shape index (κ1) is 10.0. The van der Waals surface area contributed by atoms with Crippen LogP contribution in [0.25, 0.3) is 0 Å². The first-order valence-electron chi connectivity index (χ1n) is 6.55. The van der Waals surface area contributed by atoms with E-state index in [0.29, 0.717) is 0 Å². The Morgan fingerprint density at radius 2 is 1.82 bits per heavy atom. The summed E-state index contributed by atoms with van der Waals surface area (Å²) >= 11 is 0. The molecule has 0 saturated carbocycles. The largest absolute Gasteiger partial charge is 0.497 e. The van der Waals surface area contributed by atoms with Gasteiger partial charge in [0.05, 0.1) is 20.1 Å². The molecule has 0 N–H and O–H groups in total. The molecule has 0 spiro atoms. The van der Waals surface area contributed by atoms with Crippen LogP contribution in [-0.4, -0.2) is 23.3 Å². The maximum atomic E-state index is 14.1. The van der Waals surface area contributed by atoms with Crippen molar-refractivity contribution in [3.63, 3.8) is 0 Å². The zero-order valence-electron chi connectivity index (χ0n) is 12.7. The van der Waals surface area contributed by atoms with Crippen molar-refractivity contribution < 1.29 is 16.4 Å². The van der Waals surface area contributed by atoms with E-state index < -0.39 is 30.3 Å². The summed E-state index contributed by atoms with van der Waals surface area (Å²) in [7, 11) is -0.983. The summed E-state index contributed by atoms with van der Waals surface area (Å²) in [5.41, 5.74) is -0.987. The lowest BCUT2D eigenvalue weighted by Crippen LogP contribution is -2.41. The van der Waals surface area contributed by atoms with Gasteiger partial charge in [0.15, 0.2) is 0 Å². The minimum atomic E-state index is -0.983. The number of halogens is 1. The van der Waals surface area contributed by atoms with Gasteiger partial charge in [-0.3, -0.25) is 4.98 Å². The maximum absolute atomic E-state index is 14.1. The molecule has 1 aliphatic rings. The van der Waals surface area contributed by atoms with Gasteiger partial charge < -0.3 is 9.31 Å². The van der Waals surface area contributed by atoms with E-state index in [1.54, 1.807) is 6.92 Å². The van der Waals surface area contributed by atoms with E-state index in [0.717, 1.165) is 0 Å². The first-order chi connectivity index (χ1) is 8.57. The van der Waals surface area contributed by atoms with Crippen LogP contribution in [0.3, 0.4) is 0 Å². The van der Waals surface area contributed by atoms with Gasteiger partial charge in [-0.1, -0.05) is 0 Å². The molecular weight excluding hydrogens is 220 g/mol. The molecule has 17 heavy (non-hydrogen) atoms. The SMILES string of the molecule is [2H]c1nc(C)c([2H])c(B2OC(C)(C)C(C)(C)O2)c1F. The molecule has 1 aromatic rings. The number of nitrogens with zero attached hydrogens (tertiary/aromatic N) is 1. The third kappa shape index (κ3) is 2.09. The second-order valence-corrected chi connectivity index (χ2v) is 5.25. The number of hydrogen-bond acceptors (Lipinski definition) is 3. The molecular formula is C12H17BFNO2. The van der Waals surface area contributed by atoms with Crippen molar-refractivity contribution >= 4 is 12.6 Å². The van der Waals surface area contributed by atoms with E-state index in [4.69, 9.17) is 12.1 Å². The molecule has 92 valence electrons. The summed E-state index contributed by atoms with van der Waals surface area (Å²) in [6, 6.07) is -0.0769. The topological polar surface area (TPSA) is 31.4 Å². The van der Waals surface area contributed by atoms with Crippen LogP contribution in [0.1, 0.15) is 36.1 Å². The lowest BCUT2D eigenvalue weighted by atomic mass is 9.79. The van der Waals surface area contributed by atoms with E-state index in [2.05, 4.69) is 4.98 Å². The van der Waals surface area contributed by atoms with Crippen LogP contribution in [0.4, 0.5) is 4.39 Å². The van der Waals surface area contributed by atoms with Crippen LogP contribution in [0, 0.1) is 12.7 Å². The van der Waals surface area contributed by atoms with Gasteiger partial charge in [0.2, 0.25) is 0 Å². The average Bonchev–Trinajstić information content (AvgIpc) is 2.45. The smallest absolute Gasteiger partial charge is 0.399 e. The summed E-state index contributed by atoms with van der Waals surface area (Å²) < 4.78 is 40.9. The standard InChI is InChI=1S/C12H17BFNO2/c1-8-6-9(10(14)7-15-8)13-16-11(2,3)12(4,5)17-13/h6-7H,1-5H3/i6D,7D. The molecule has 1 aromatic heterocycles. The molecule has 0 unspecified atom stereocenters. The van der Waals surface area contributed by atoms with Gasteiger partial charge in [0.25, 0.3) is 0 Å². The third-order valence-electron chi connectivity index (χ3n) is 3.36. The normalized spacial score (nSPS) is 23.5. The fourth-order valence-electron chi connectivity index (χ4n) is 1.59. The Morgan fingerprint density at radius 1 is 1.29 bits per heavy atom. The summed E-state index contributed by atoms with van der Waals surface area (Å²) in [4.78, 5) is 3.67. The van der Waals surface area contributed by atoms with Crippen molar-refractivity contribution in [2.24, 2.45) is 0 Å². The molecule has 0 amide bonds. The molecule has 0 aromatic carbocycles. The van der Waals surface area contributed by atoms with Crippen molar-refractivity contribution in [1.29, 1.82) is 0 Å². The van der Waals surface area contributed by atoms with Crippen LogP contribution in [0.2, 0.25) is 0 Å². The van der Waals surface area contributed by atoms with Gasteiger partial charge in [-0.2, -0.15) is 0 Å². The number of aryl methyl sites for hydroxylation is 1. The van der Waals surface area contributed by atoms with Crippen LogP contribution in [0.15, 0.2) is 12.2 Å². The third-order valence-corrected chi connectivity index (χ3v) is 3.36. The number of pyridine rings is 1. The number of hydrogen-bond donors (Lipinski definition) is 0. The van der Waals surface area contributed by atoms with E-state index in [1.165, 1.54) is 0 Å². The van der Waals surface area contributed by atoms with Crippen LogP contribution in [-0.2, 0) is 9.31 Å². The van der Waals surface area contributed by atoms with Gasteiger partial charge in [-0.15, -0.1) is 0 Å². The second kappa shape index (κ2) is 3.78. The minimum Gasteiger partial charge on any atom is -0.399 e. The first-order valence-corrected chi connectivity index (χ1v) is 5.55. The molecule has 1 fully saturated rings. The Hall–Kier alpha value is -0.935. The van der Waals surface area contributed by atoms with E-state index in [1.807, 2.05) is 27.7 Å². The maximum Gasteiger partial charge on any atom is 0.497 e. The lowest BCUT2D eigenvalue weighted by Gasteiger charge is -2.32. The monoisotopic (exact) mass is 239 g/mol. The Morgan fingerprint density at radius 3 is 2.35 bits per heavy atom. The van der Waals surface area contributed by atoms with Gasteiger partial charge in [-0.05, 0) is 40.7 Å². The molecule has 5 heteroatoms. The summed E-state index contributed by atoms with van der Waals surface area (Å²) in [6.07, 6.45) is -0.488. The highest BCUT2D eigenvalue weighted by atomic mass is 19.1. The van der Waals surface area contributed by atoms with Crippen LogP contribution < -0.4 is 5.46 Å². The molecule has 1 saturated heterocycles. The summed E-state index contributed by atoms with van der Waals surface area (Å²) in [5, 5.41) is 0. The van der Waals surface area contributed by atoms with Crippen molar-refractivity contribution in [1.82, 2.24) is 4.98 Å². The Bertz CT molecular complexity index is 495. The van der Waals surface area contributed by atoms with Crippen molar-refractivity contribution in [2.45, 2.75) is 45.8 Å². The number of rotatable bonds is 1. The van der Waals surface area contributed by atoms with Gasteiger partial charge >= 0.3 is 7.12 Å². The Labute approximate surface area is 104 Å². The lowest BCUT2D eigenvalue weighted by molar-refractivity contribution is 0.00578. The predicted octanol–water partition coefficient (Wildman–Crippen LogP) is 1.83. The van der Waals surface area contributed by atoms with E-state index in [9.17, 15) is 4.39 Å². The summed E-state index contributed by atoms with van der Waals surface area (Å²) in [5.74, 6) is -0.853. The molecule has 2 rings (SSSR count). The molecule has 0 atom stereocenters. The average molecular weight is 239 g/mol. The van der Waals surface area contributed by atoms with Crippen molar-refractivity contribution in [2.75, 3.05) is 0 Å². The fraction of sp³-hybridized carbons (Fsp3) is 0.583. The molecule has 0 aliphatic carbocycles. The van der Waals surface area contributed by atoms with Gasteiger partial charge in [0, 0.05) is 11.2 Å². The zero-order chi connectivity index (χ0) is 14.6. The highest BCUT2D eigenvalue weighted by Crippen LogP contribution is 2.36. The molecule has 0 bridgehead atoms. The minimum absolute atomic E-state index is 0.0452. The molecule has 3 nitrogen and oxygen atoms in total. The van der Waals surface area contributed by atoms with E-state index >= 15 is 0 Å². The van der Waals surface area contributed by atoms with Crippen LogP contribution in [0.5, 0.6) is 0 Å². The number of aromatic nitrogens is 1. The van der Waals surface area contributed by atoms with Gasteiger partial charge in [-0.25, -0.2) is 4.39 Å². The summed E-state index contributed by atoms with van der Waals surface area (Å²) in [6.45, 7) is 8.97.